The van der Waals surface area contributed by atoms with Crippen LogP contribution in [0.3, 0.4) is 0 Å². The summed E-state index contributed by atoms with van der Waals surface area (Å²) < 4.78 is 33.2. The number of hydrogen-bond donors (Lipinski definition) is 2. The van der Waals surface area contributed by atoms with Crippen molar-refractivity contribution in [1.29, 1.82) is 0 Å². The maximum Gasteiger partial charge on any atom is 0.232 e. The van der Waals surface area contributed by atoms with Gasteiger partial charge in [0, 0.05) is 67.9 Å². The molecule has 2 aromatic heterocycles. The Hall–Kier alpha value is -3.83. The van der Waals surface area contributed by atoms with E-state index in [1.165, 1.54) is 16.2 Å². The van der Waals surface area contributed by atoms with Crippen molar-refractivity contribution in [1.82, 2.24) is 19.9 Å². The van der Waals surface area contributed by atoms with Crippen LogP contribution in [0.2, 0.25) is 0 Å². The van der Waals surface area contributed by atoms with E-state index in [0.29, 0.717) is 30.0 Å². The molecule has 1 unspecified atom stereocenters. The third-order valence-corrected chi connectivity index (χ3v) is 8.02. The van der Waals surface area contributed by atoms with Gasteiger partial charge in [0.25, 0.3) is 0 Å². The minimum Gasteiger partial charge on any atom is -0.497 e. The summed E-state index contributed by atoms with van der Waals surface area (Å²) in [5, 5.41) is 7.67. The first-order chi connectivity index (χ1) is 18.2. The Labute approximate surface area is 223 Å². The van der Waals surface area contributed by atoms with Crippen LogP contribution in [0.5, 0.6) is 5.75 Å². The number of hydrogen-bond acceptors (Lipinski definition) is 8. The molecule has 1 aliphatic heterocycles. The van der Waals surface area contributed by atoms with E-state index in [-0.39, 0.29) is 0 Å². The van der Waals surface area contributed by atoms with Crippen molar-refractivity contribution in [3.63, 3.8) is 0 Å². The lowest BCUT2D eigenvalue weighted by atomic mass is 10.1. The average Bonchev–Trinajstić information content (AvgIpc) is 3.30. The molecule has 2 N–H and O–H groups in total. The molecule has 4 aromatic rings. The second-order valence-electron chi connectivity index (χ2n) is 9.61. The number of rotatable bonds is 8. The Balaban J connectivity index is 1.38. The Morgan fingerprint density at radius 3 is 2.68 bits per heavy atom. The van der Waals surface area contributed by atoms with Crippen LogP contribution in [0.1, 0.15) is 12.5 Å². The van der Waals surface area contributed by atoms with Crippen molar-refractivity contribution < 1.29 is 13.2 Å². The normalized spacial score (nSPS) is 16.0. The summed E-state index contributed by atoms with van der Waals surface area (Å²) in [6.07, 6.45) is 4.90. The molecule has 0 aliphatic carbocycles. The third kappa shape index (κ3) is 5.53. The van der Waals surface area contributed by atoms with Gasteiger partial charge >= 0.3 is 0 Å². The first kappa shape index (κ1) is 25.8. The molecular formula is C27H33N7O3S. The van der Waals surface area contributed by atoms with E-state index >= 15 is 0 Å². The van der Waals surface area contributed by atoms with Crippen molar-refractivity contribution in [3.05, 3.63) is 66.5 Å². The van der Waals surface area contributed by atoms with Crippen molar-refractivity contribution in [2.24, 2.45) is 0 Å². The lowest BCUT2D eigenvalue weighted by molar-refractivity contribution is 0.414. The van der Waals surface area contributed by atoms with E-state index in [1.807, 2.05) is 41.1 Å². The molecule has 1 aliphatic rings. The van der Waals surface area contributed by atoms with Gasteiger partial charge in [-0.3, -0.25) is 4.31 Å². The molecule has 3 heterocycles. The summed E-state index contributed by atoms with van der Waals surface area (Å²) >= 11 is 0. The molecule has 0 radical (unpaired) electrons. The fourth-order valence-electron chi connectivity index (χ4n) is 4.67. The molecule has 0 amide bonds. The fourth-order valence-corrected chi connectivity index (χ4v) is 5.20. The van der Waals surface area contributed by atoms with Crippen LogP contribution in [0.25, 0.3) is 11.0 Å². The number of nitrogens with one attached hydrogen (secondary N) is 2. The molecule has 2 aromatic carbocycles. The zero-order valence-electron chi connectivity index (χ0n) is 22.0. The van der Waals surface area contributed by atoms with Crippen LogP contribution in [-0.4, -0.2) is 69.0 Å². The number of methoxy groups -OCH3 is 1. The summed E-state index contributed by atoms with van der Waals surface area (Å²) in [5.74, 6) is 1.08. The second kappa shape index (κ2) is 10.5. The molecule has 0 bridgehead atoms. The molecule has 1 atom stereocenters. The maximum atomic E-state index is 12.3. The predicted molar refractivity (Wildman–Crippen MR) is 152 cm³/mol. The zero-order chi connectivity index (χ0) is 26.9. The molecule has 10 nitrogen and oxygen atoms in total. The number of aromatic nitrogens is 3. The Kier molecular flexibility index (Phi) is 7.13. The topological polar surface area (TPSA) is 105 Å². The number of benzene rings is 2. The van der Waals surface area contributed by atoms with E-state index in [9.17, 15) is 8.42 Å². The average molecular weight is 536 g/mol. The van der Waals surface area contributed by atoms with E-state index < -0.39 is 10.0 Å². The summed E-state index contributed by atoms with van der Waals surface area (Å²) in [6.45, 7) is 5.59. The van der Waals surface area contributed by atoms with E-state index in [4.69, 9.17) is 9.72 Å². The molecule has 11 heteroatoms. The van der Waals surface area contributed by atoms with Gasteiger partial charge < -0.3 is 24.8 Å². The number of nitrogens with zero attached hydrogens (tertiary/aromatic N) is 5. The highest BCUT2D eigenvalue weighted by molar-refractivity contribution is 7.92. The monoisotopic (exact) mass is 535 g/mol. The number of fused-ring (bicyclic) bond motifs is 1. The summed E-state index contributed by atoms with van der Waals surface area (Å²) in [6, 6.07) is 16.2. The van der Waals surface area contributed by atoms with Crippen molar-refractivity contribution in [3.8, 4) is 5.75 Å². The lowest BCUT2D eigenvalue weighted by Gasteiger charge is -2.33. The van der Waals surface area contributed by atoms with Crippen LogP contribution in [-0.2, 0) is 16.6 Å². The van der Waals surface area contributed by atoms with Gasteiger partial charge in [-0.1, -0.05) is 6.07 Å². The third-order valence-electron chi connectivity index (χ3n) is 6.83. The summed E-state index contributed by atoms with van der Waals surface area (Å²) in [7, 11) is -0.352. The minimum absolute atomic E-state index is 0.428. The molecular weight excluding hydrogens is 502 g/mol. The highest BCUT2D eigenvalue weighted by Gasteiger charge is 2.18. The Morgan fingerprint density at radius 2 is 1.97 bits per heavy atom. The van der Waals surface area contributed by atoms with Gasteiger partial charge in [0.15, 0.2) is 0 Å². The molecule has 38 heavy (non-hydrogen) atoms. The van der Waals surface area contributed by atoms with Gasteiger partial charge in [0.1, 0.15) is 11.4 Å². The number of ether oxygens (including phenoxy) is 1. The van der Waals surface area contributed by atoms with Gasteiger partial charge in [0.05, 0.1) is 25.6 Å². The van der Waals surface area contributed by atoms with E-state index in [0.717, 1.165) is 41.9 Å². The van der Waals surface area contributed by atoms with Gasteiger partial charge in [-0.2, -0.15) is 4.98 Å². The molecule has 200 valence electrons. The molecule has 0 spiro atoms. The molecule has 5 rings (SSSR count). The van der Waals surface area contributed by atoms with Gasteiger partial charge in [0.2, 0.25) is 16.0 Å². The van der Waals surface area contributed by atoms with Crippen molar-refractivity contribution in [2.75, 3.05) is 54.6 Å². The molecule has 1 saturated heterocycles. The lowest BCUT2D eigenvalue weighted by Crippen LogP contribution is -2.49. The second-order valence-corrected chi connectivity index (χ2v) is 11.6. The molecule has 0 saturated carbocycles. The summed E-state index contributed by atoms with van der Waals surface area (Å²) in [4.78, 5) is 11.6. The first-order valence-corrected chi connectivity index (χ1v) is 14.3. The largest absolute Gasteiger partial charge is 0.497 e. The van der Waals surface area contributed by atoms with Crippen LogP contribution >= 0.6 is 0 Å². The number of piperazine rings is 1. The van der Waals surface area contributed by atoms with Gasteiger partial charge in [-0.05, 0) is 48.9 Å². The van der Waals surface area contributed by atoms with E-state index in [2.05, 4.69) is 39.6 Å². The molecule has 1 fully saturated rings. The SMILES string of the molecule is COc1ccc(Cn2ccc3cnc(Nc4ccc(N5CCNC(C)C5)cc4)nc32)c(N(C)S(C)(=O)=O)c1. The van der Waals surface area contributed by atoms with Gasteiger partial charge in [-0.25, -0.2) is 13.4 Å². The highest BCUT2D eigenvalue weighted by Crippen LogP contribution is 2.29. The van der Waals surface area contributed by atoms with Crippen LogP contribution in [0, 0.1) is 0 Å². The van der Waals surface area contributed by atoms with Crippen molar-refractivity contribution in [2.45, 2.75) is 19.5 Å². The highest BCUT2D eigenvalue weighted by atomic mass is 32.2. The van der Waals surface area contributed by atoms with Crippen LogP contribution in [0.4, 0.5) is 23.0 Å². The number of sulfonamides is 1. The van der Waals surface area contributed by atoms with Crippen LogP contribution in [0.15, 0.2) is 60.9 Å². The van der Waals surface area contributed by atoms with E-state index in [1.54, 1.807) is 26.4 Å². The quantitative estimate of drug-likeness (QED) is 0.354. The van der Waals surface area contributed by atoms with Crippen molar-refractivity contribution >= 4 is 44.1 Å². The minimum atomic E-state index is -3.45. The maximum absolute atomic E-state index is 12.3. The Morgan fingerprint density at radius 1 is 1.18 bits per heavy atom. The zero-order valence-corrected chi connectivity index (χ0v) is 22.9. The number of anilines is 4. The Bertz CT molecular complexity index is 1540. The van der Waals surface area contributed by atoms with Crippen LogP contribution < -0.4 is 24.6 Å². The van der Waals surface area contributed by atoms with Gasteiger partial charge in [-0.15, -0.1) is 0 Å². The predicted octanol–water partition coefficient (Wildman–Crippen LogP) is 3.43. The summed E-state index contributed by atoms with van der Waals surface area (Å²) in [5.41, 5.74) is 4.23. The standard InChI is InChI=1S/C27H33N7O3S/c1-19-17-33(14-12-28-19)23-8-6-22(7-9-23)30-27-29-16-20-11-13-34(26(20)31-27)18-21-5-10-24(37-3)15-25(21)32(2)38(4,35)36/h5-11,13,15-16,19,28H,12,14,17-18H2,1-4H3,(H,29,30,31). The first-order valence-electron chi connectivity index (χ1n) is 12.5. The smallest absolute Gasteiger partial charge is 0.232 e. The fraction of sp³-hybridized carbons (Fsp3) is 0.333.